The number of rotatable bonds is 8. The summed E-state index contributed by atoms with van der Waals surface area (Å²) in [6, 6.07) is 15.0. The summed E-state index contributed by atoms with van der Waals surface area (Å²) < 4.78 is 31.5. The van der Waals surface area contributed by atoms with E-state index in [4.69, 9.17) is 4.74 Å². The number of ether oxygens (including phenoxy) is 1. The van der Waals surface area contributed by atoms with Gasteiger partial charge in [0.05, 0.1) is 10.5 Å². The molecule has 0 atom stereocenters. The van der Waals surface area contributed by atoms with Gasteiger partial charge in [-0.15, -0.1) is 0 Å². The SMILES string of the molecule is CCNS(=O)(=O)c1ccc(C(=O)OCC(=O)N(Cc2ccccc2)C(C)(C)C)cc1. The first-order valence-electron chi connectivity index (χ1n) is 9.66. The first-order valence-corrected chi connectivity index (χ1v) is 11.1. The molecule has 0 heterocycles. The fourth-order valence-electron chi connectivity index (χ4n) is 2.80. The Bertz CT molecular complexity index is 965. The Morgan fingerprint density at radius 1 is 1.00 bits per heavy atom. The van der Waals surface area contributed by atoms with Gasteiger partial charge in [0.15, 0.2) is 6.61 Å². The maximum Gasteiger partial charge on any atom is 0.338 e. The highest BCUT2D eigenvalue weighted by atomic mass is 32.2. The van der Waals surface area contributed by atoms with Crippen molar-refractivity contribution in [2.45, 2.75) is 44.7 Å². The van der Waals surface area contributed by atoms with Crippen molar-refractivity contribution in [2.75, 3.05) is 13.2 Å². The minimum absolute atomic E-state index is 0.0544. The van der Waals surface area contributed by atoms with Crippen LogP contribution in [-0.4, -0.2) is 43.9 Å². The fraction of sp³-hybridized carbons (Fsp3) is 0.364. The maximum absolute atomic E-state index is 12.7. The molecule has 7 nitrogen and oxygen atoms in total. The second-order valence-corrected chi connectivity index (χ2v) is 9.51. The van der Waals surface area contributed by atoms with Crippen molar-refractivity contribution in [1.82, 2.24) is 9.62 Å². The van der Waals surface area contributed by atoms with Crippen LogP contribution in [0.3, 0.4) is 0 Å². The highest BCUT2D eigenvalue weighted by molar-refractivity contribution is 7.89. The van der Waals surface area contributed by atoms with Crippen molar-refractivity contribution in [1.29, 1.82) is 0 Å². The Labute approximate surface area is 178 Å². The number of amides is 1. The third-order valence-electron chi connectivity index (χ3n) is 4.36. The van der Waals surface area contributed by atoms with E-state index in [0.717, 1.165) is 5.56 Å². The molecule has 0 fully saturated rings. The largest absolute Gasteiger partial charge is 0.452 e. The van der Waals surface area contributed by atoms with Crippen LogP contribution in [0.15, 0.2) is 59.5 Å². The highest BCUT2D eigenvalue weighted by Crippen LogP contribution is 2.18. The van der Waals surface area contributed by atoms with Crippen LogP contribution in [0.1, 0.15) is 43.6 Å². The van der Waals surface area contributed by atoms with Gasteiger partial charge >= 0.3 is 5.97 Å². The molecule has 0 aromatic heterocycles. The number of benzene rings is 2. The van der Waals surface area contributed by atoms with E-state index in [1.807, 2.05) is 51.1 Å². The Balaban J connectivity index is 2.03. The van der Waals surface area contributed by atoms with Gasteiger partial charge in [-0.25, -0.2) is 17.9 Å². The minimum atomic E-state index is -3.60. The summed E-state index contributed by atoms with van der Waals surface area (Å²) in [4.78, 5) is 26.8. The number of hydrogen-bond acceptors (Lipinski definition) is 5. The first-order chi connectivity index (χ1) is 14.0. The standard InChI is InChI=1S/C22H28N2O5S/c1-5-23-30(27,28)19-13-11-18(12-14-19)21(26)29-16-20(25)24(22(2,3)4)15-17-9-7-6-8-10-17/h6-14,23H,5,15-16H2,1-4H3. The van der Waals surface area contributed by atoms with E-state index in [0.29, 0.717) is 6.54 Å². The quantitative estimate of drug-likeness (QED) is 0.648. The fourth-order valence-corrected chi connectivity index (χ4v) is 3.84. The molecule has 0 radical (unpaired) electrons. The van der Waals surface area contributed by atoms with Gasteiger partial charge in [-0.05, 0) is 50.6 Å². The summed E-state index contributed by atoms with van der Waals surface area (Å²) in [5.41, 5.74) is 0.690. The second-order valence-electron chi connectivity index (χ2n) is 7.74. The zero-order chi connectivity index (χ0) is 22.4. The average Bonchev–Trinajstić information content (AvgIpc) is 2.70. The number of sulfonamides is 1. The molecule has 0 bridgehead atoms. The summed E-state index contributed by atoms with van der Waals surface area (Å²) in [6.07, 6.45) is 0. The molecule has 0 aliphatic heterocycles. The number of hydrogen-bond donors (Lipinski definition) is 1. The summed E-state index contributed by atoms with van der Waals surface area (Å²) in [5.74, 6) is -1.00. The molecule has 2 aromatic rings. The van der Waals surface area contributed by atoms with E-state index >= 15 is 0 Å². The van der Waals surface area contributed by atoms with Crippen molar-refractivity contribution >= 4 is 21.9 Å². The first kappa shape index (κ1) is 23.6. The average molecular weight is 433 g/mol. The normalized spacial score (nSPS) is 11.7. The van der Waals surface area contributed by atoms with Gasteiger partial charge in [0, 0.05) is 18.6 Å². The summed E-state index contributed by atoms with van der Waals surface area (Å²) in [7, 11) is -3.60. The van der Waals surface area contributed by atoms with Crippen LogP contribution in [0.5, 0.6) is 0 Å². The van der Waals surface area contributed by atoms with Crippen LogP contribution in [0.4, 0.5) is 0 Å². The number of nitrogens with zero attached hydrogens (tertiary/aromatic N) is 1. The van der Waals surface area contributed by atoms with E-state index in [2.05, 4.69) is 4.72 Å². The van der Waals surface area contributed by atoms with Gasteiger partial charge in [0.2, 0.25) is 10.0 Å². The molecular weight excluding hydrogens is 404 g/mol. The summed E-state index contributed by atoms with van der Waals surface area (Å²) >= 11 is 0. The molecule has 2 rings (SSSR count). The Hall–Kier alpha value is -2.71. The Kier molecular flexibility index (Phi) is 7.75. The Morgan fingerprint density at radius 3 is 2.13 bits per heavy atom. The third-order valence-corrected chi connectivity index (χ3v) is 5.92. The predicted molar refractivity (Wildman–Crippen MR) is 114 cm³/mol. The van der Waals surface area contributed by atoms with Crippen LogP contribution in [0.25, 0.3) is 0 Å². The van der Waals surface area contributed by atoms with Gasteiger partial charge in [-0.1, -0.05) is 37.3 Å². The molecule has 1 N–H and O–H groups in total. The summed E-state index contributed by atoms with van der Waals surface area (Å²) in [6.45, 7) is 7.69. The van der Waals surface area contributed by atoms with Crippen LogP contribution < -0.4 is 4.72 Å². The molecule has 8 heteroatoms. The van der Waals surface area contributed by atoms with Crippen LogP contribution in [0.2, 0.25) is 0 Å². The van der Waals surface area contributed by atoms with Gasteiger partial charge in [-0.2, -0.15) is 0 Å². The smallest absolute Gasteiger partial charge is 0.338 e. The molecular formula is C22H28N2O5S. The molecule has 30 heavy (non-hydrogen) atoms. The predicted octanol–water partition coefficient (Wildman–Crippen LogP) is 2.97. The second kappa shape index (κ2) is 9.86. The molecule has 1 amide bonds. The molecule has 2 aromatic carbocycles. The molecule has 162 valence electrons. The Morgan fingerprint density at radius 2 is 1.60 bits per heavy atom. The number of nitrogens with one attached hydrogen (secondary N) is 1. The van der Waals surface area contributed by atoms with Crippen molar-refractivity contribution in [3.63, 3.8) is 0 Å². The number of esters is 1. The lowest BCUT2D eigenvalue weighted by Crippen LogP contribution is -2.46. The monoisotopic (exact) mass is 432 g/mol. The topological polar surface area (TPSA) is 92.8 Å². The van der Waals surface area contributed by atoms with Crippen molar-refractivity contribution < 1.29 is 22.7 Å². The van der Waals surface area contributed by atoms with Crippen molar-refractivity contribution in [3.8, 4) is 0 Å². The lowest BCUT2D eigenvalue weighted by molar-refractivity contribution is -0.140. The van der Waals surface area contributed by atoms with E-state index in [1.165, 1.54) is 24.3 Å². The zero-order valence-electron chi connectivity index (χ0n) is 17.7. The van der Waals surface area contributed by atoms with Crippen molar-refractivity contribution in [2.24, 2.45) is 0 Å². The van der Waals surface area contributed by atoms with Gasteiger partial charge in [-0.3, -0.25) is 4.79 Å². The van der Waals surface area contributed by atoms with E-state index in [1.54, 1.807) is 11.8 Å². The third kappa shape index (κ3) is 6.40. The molecule has 0 unspecified atom stereocenters. The van der Waals surface area contributed by atoms with Gasteiger partial charge < -0.3 is 9.64 Å². The zero-order valence-corrected chi connectivity index (χ0v) is 18.5. The highest BCUT2D eigenvalue weighted by Gasteiger charge is 2.27. The number of carbonyl (C=O) groups is 2. The molecule has 0 spiro atoms. The van der Waals surface area contributed by atoms with Gasteiger partial charge in [0.25, 0.3) is 5.91 Å². The molecule has 0 saturated carbocycles. The number of carbonyl (C=O) groups excluding carboxylic acids is 2. The van der Waals surface area contributed by atoms with E-state index in [9.17, 15) is 18.0 Å². The lowest BCUT2D eigenvalue weighted by atomic mass is 10.0. The van der Waals surface area contributed by atoms with E-state index in [-0.39, 0.29) is 22.9 Å². The maximum atomic E-state index is 12.7. The lowest BCUT2D eigenvalue weighted by Gasteiger charge is -2.35. The van der Waals surface area contributed by atoms with Crippen molar-refractivity contribution in [3.05, 3.63) is 65.7 Å². The molecule has 0 aliphatic rings. The van der Waals surface area contributed by atoms with Crippen LogP contribution in [-0.2, 0) is 26.1 Å². The summed E-state index contributed by atoms with van der Waals surface area (Å²) in [5, 5.41) is 0. The van der Waals surface area contributed by atoms with Crippen LogP contribution in [0, 0.1) is 0 Å². The van der Waals surface area contributed by atoms with Gasteiger partial charge in [0.1, 0.15) is 0 Å². The minimum Gasteiger partial charge on any atom is -0.452 e. The molecule has 0 aliphatic carbocycles. The molecule has 0 saturated heterocycles. The van der Waals surface area contributed by atoms with E-state index < -0.39 is 28.1 Å². The van der Waals surface area contributed by atoms with Crippen LogP contribution >= 0.6 is 0 Å².